The van der Waals surface area contributed by atoms with Crippen LogP contribution in [0.15, 0.2) is 78.9 Å². The molecule has 2 aliphatic rings. The number of piperidine rings is 1. The monoisotopic (exact) mass is 572 g/mol. The molecule has 1 fully saturated rings. The molecule has 0 spiro atoms. The van der Waals surface area contributed by atoms with Crippen molar-refractivity contribution in [1.29, 1.82) is 0 Å². The molecule has 0 bridgehead atoms. The second kappa shape index (κ2) is 11.5. The zero-order chi connectivity index (χ0) is 28.5. The number of aromatic nitrogens is 2. The molecule has 210 valence electrons. The minimum Gasteiger partial charge on any atom is -0.341 e. The number of carbonyl (C=O) groups is 2. The molecule has 0 aliphatic carbocycles. The molecular formula is C32H30F2N4O2S. The third kappa shape index (κ3) is 5.51. The summed E-state index contributed by atoms with van der Waals surface area (Å²) in [5.41, 5.74) is 3.38. The molecular weight excluding hydrogens is 542 g/mol. The Labute approximate surface area is 242 Å². The van der Waals surface area contributed by atoms with E-state index >= 15 is 0 Å². The van der Waals surface area contributed by atoms with Crippen LogP contribution in [-0.2, 0) is 9.59 Å². The van der Waals surface area contributed by atoms with E-state index in [2.05, 4.69) is 6.92 Å². The third-order valence-electron chi connectivity index (χ3n) is 7.79. The molecule has 1 unspecified atom stereocenters. The Kier molecular flexibility index (Phi) is 7.62. The van der Waals surface area contributed by atoms with Crippen LogP contribution in [0.3, 0.4) is 0 Å². The van der Waals surface area contributed by atoms with E-state index in [0.29, 0.717) is 47.3 Å². The molecule has 2 amide bonds. The van der Waals surface area contributed by atoms with Crippen LogP contribution in [0.25, 0.3) is 16.9 Å². The van der Waals surface area contributed by atoms with Crippen molar-refractivity contribution in [3.63, 3.8) is 0 Å². The molecule has 1 saturated heterocycles. The van der Waals surface area contributed by atoms with E-state index in [1.54, 1.807) is 22.9 Å². The number of halogens is 2. The van der Waals surface area contributed by atoms with Gasteiger partial charge in [0.05, 0.1) is 22.4 Å². The molecule has 1 aromatic heterocycles. The van der Waals surface area contributed by atoms with E-state index in [4.69, 9.17) is 5.10 Å². The lowest BCUT2D eigenvalue weighted by molar-refractivity contribution is -0.132. The van der Waals surface area contributed by atoms with Gasteiger partial charge >= 0.3 is 0 Å². The summed E-state index contributed by atoms with van der Waals surface area (Å²) in [5, 5.41) is 4.54. The molecule has 2 aliphatic heterocycles. The Morgan fingerprint density at radius 3 is 2.39 bits per heavy atom. The van der Waals surface area contributed by atoms with Crippen molar-refractivity contribution in [3.8, 4) is 16.9 Å². The van der Waals surface area contributed by atoms with E-state index in [0.717, 1.165) is 18.4 Å². The summed E-state index contributed by atoms with van der Waals surface area (Å²) < 4.78 is 30.1. The number of fused-ring (bicyclic) bond motifs is 1. The van der Waals surface area contributed by atoms with Crippen molar-refractivity contribution in [3.05, 3.63) is 102 Å². The molecule has 0 saturated carbocycles. The van der Waals surface area contributed by atoms with Crippen LogP contribution in [0.5, 0.6) is 0 Å². The zero-order valence-corrected chi connectivity index (χ0v) is 23.5. The number of amides is 2. The summed E-state index contributed by atoms with van der Waals surface area (Å²) in [6, 6.07) is 21.8. The number of anilines is 1. The highest BCUT2D eigenvalue weighted by atomic mass is 32.2. The quantitative estimate of drug-likeness (QED) is 0.284. The summed E-state index contributed by atoms with van der Waals surface area (Å²) >= 11 is 1.39. The fourth-order valence-corrected chi connectivity index (χ4v) is 6.70. The topological polar surface area (TPSA) is 58.4 Å². The van der Waals surface area contributed by atoms with Crippen LogP contribution in [0.1, 0.15) is 36.1 Å². The Bertz CT molecular complexity index is 1570. The lowest BCUT2D eigenvalue weighted by Gasteiger charge is -2.32. The highest BCUT2D eigenvalue weighted by Crippen LogP contribution is 2.48. The maximum Gasteiger partial charge on any atom is 0.242 e. The van der Waals surface area contributed by atoms with Crippen molar-refractivity contribution in [2.75, 3.05) is 30.3 Å². The molecule has 0 N–H and O–H groups in total. The Morgan fingerprint density at radius 1 is 0.951 bits per heavy atom. The number of rotatable bonds is 5. The summed E-state index contributed by atoms with van der Waals surface area (Å²) in [6.45, 7) is 3.35. The van der Waals surface area contributed by atoms with Gasteiger partial charge in [0.1, 0.15) is 24.0 Å². The molecule has 6 rings (SSSR count). The molecule has 4 aromatic rings. The summed E-state index contributed by atoms with van der Waals surface area (Å²) in [6.07, 6.45) is 1.85. The minimum absolute atomic E-state index is 0.0951. The number of nitrogens with zero attached hydrogens (tertiary/aromatic N) is 4. The molecule has 3 aromatic carbocycles. The highest BCUT2D eigenvalue weighted by molar-refractivity contribution is 8.00. The maximum absolute atomic E-state index is 14.5. The number of carbonyl (C=O) groups excluding carboxylic acids is 2. The second-order valence-corrected chi connectivity index (χ2v) is 11.7. The average Bonchev–Trinajstić information content (AvgIpc) is 3.30. The smallest absolute Gasteiger partial charge is 0.242 e. The molecule has 6 nitrogen and oxygen atoms in total. The van der Waals surface area contributed by atoms with Crippen LogP contribution in [0.4, 0.5) is 14.6 Å². The van der Waals surface area contributed by atoms with Crippen molar-refractivity contribution >= 4 is 29.4 Å². The first-order chi connectivity index (χ1) is 19.9. The van der Waals surface area contributed by atoms with Crippen LogP contribution >= 0.6 is 11.8 Å². The largest absolute Gasteiger partial charge is 0.341 e. The third-order valence-corrected chi connectivity index (χ3v) is 9.04. The summed E-state index contributed by atoms with van der Waals surface area (Å²) in [5.74, 6) is -0.0432. The Hall–Kier alpha value is -3.98. The van der Waals surface area contributed by atoms with Crippen LogP contribution in [-0.4, -0.2) is 51.9 Å². The lowest BCUT2D eigenvalue weighted by Crippen LogP contribution is -2.46. The van der Waals surface area contributed by atoms with Crippen LogP contribution in [0.2, 0.25) is 0 Å². The van der Waals surface area contributed by atoms with Gasteiger partial charge in [-0.3, -0.25) is 14.5 Å². The van der Waals surface area contributed by atoms with E-state index < -0.39 is 11.1 Å². The van der Waals surface area contributed by atoms with Crippen LogP contribution < -0.4 is 4.90 Å². The lowest BCUT2D eigenvalue weighted by atomic mass is 9.99. The van der Waals surface area contributed by atoms with E-state index in [1.807, 2.05) is 41.3 Å². The predicted octanol–water partition coefficient (Wildman–Crippen LogP) is 6.25. The zero-order valence-electron chi connectivity index (χ0n) is 22.7. The van der Waals surface area contributed by atoms with Gasteiger partial charge in [0.2, 0.25) is 11.8 Å². The molecule has 3 heterocycles. The number of hydrogen-bond donors (Lipinski definition) is 0. The van der Waals surface area contributed by atoms with Gasteiger partial charge in [-0.25, -0.2) is 13.5 Å². The fourth-order valence-electron chi connectivity index (χ4n) is 5.52. The van der Waals surface area contributed by atoms with Crippen molar-refractivity contribution in [1.82, 2.24) is 14.7 Å². The minimum atomic E-state index is -0.440. The van der Waals surface area contributed by atoms with Crippen LogP contribution in [0, 0.1) is 17.6 Å². The van der Waals surface area contributed by atoms with E-state index in [-0.39, 0.29) is 29.9 Å². The van der Waals surface area contributed by atoms with Gasteiger partial charge in [0.15, 0.2) is 0 Å². The maximum atomic E-state index is 14.5. The SMILES string of the molecule is CC1CCN(C(=O)CN2C(=O)CSC(c3cccc(F)c3)c3c(-c4ccccc4)nn(-c4ccc(F)cc4)c32)CC1. The first-order valence-electron chi connectivity index (χ1n) is 13.8. The summed E-state index contributed by atoms with van der Waals surface area (Å²) in [7, 11) is 0. The fraction of sp³-hybridized carbons (Fsp3) is 0.281. The average molecular weight is 573 g/mol. The molecule has 9 heteroatoms. The van der Waals surface area contributed by atoms with Crippen molar-refractivity contribution in [2.45, 2.75) is 25.0 Å². The summed E-state index contributed by atoms with van der Waals surface area (Å²) in [4.78, 5) is 30.8. The van der Waals surface area contributed by atoms with Gasteiger partial charge in [-0.2, -0.15) is 5.10 Å². The molecule has 41 heavy (non-hydrogen) atoms. The van der Waals surface area contributed by atoms with Gasteiger partial charge in [-0.15, -0.1) is 11.8 Å². The first-order valence-corrected chi connectivity index (χ1v) is 14.8. The standard InChI is InChI=1S/C32H30F2N4O2S/c1-21-14-16-36(17-15-21)27(39)19-37-28(40)20-41-31(23-8-5-9-25(34)18-23)29-30(22-6-3-2-4-7-22)35-38(32(29)37)26-12-10-24(33)11-13-26/h2-13,18,21,31H,14-17,19-20H2,1H3. The Balaban J connectivity index is 1.56. The number of thioether (sulfide) groups is 1. The highest BCUT2D eigenvalue weighted by Gasteiger charge is 2.38. The number of hydrogen-bond acceptors (Lipinski definition) is 4. The predicted molar refractivity (Wildman–Crippen MR) is 157 cm³/mol. The van der Waals surface area contributed by atoms with Gasteiger partial charge in [0.25, 0.3) is 0 Å². The first kappa shape index (κ1) is 27.2. The van der Waals surface area contributed by atoms with E-state index in [9.17, 15) is 18.4 Å². The van der Waals surface area contributed by atoms with E-state index in [1.165, 1.54) is 40.9 Å². The number of likely N-dealkylation sites (tertiary alicyclic amines) is 1. The number of benzene rings is 3. The van der Waals surface area contributed by atoms with Crippen molar-refractivity contribution in [2.24, 2.45) is 5.92 Å². The van der Waals surface area contributed by atoms with Gasteiger partial charge in [0, 0.05) is 24.2 Å². The van der Waals surface area contributed by atoms with Gasteiger partial charge in [-0.1, -0.05) is 49.4 Å². The molecule has 1 atom stereocenters. The Morgan fingerprint density at radius 2 is 1.68 bits per heavy atom. The molecule has 0 radical (unpaired) electrons. The normalized spacial score (nSPS) is 17.8. The van der Waals surface area contributed by atoms with Gasteiger partial charge < -0.3 is 4.90 Å². The van der Waals surface area contributed by atoms with Gasteiger partial charge in [-0.05, 0) is 60.7 Å². The van der Waals surface area contributed by atoms with Crippen molar-refractivity contribution < 1.29 is 18.4 Å². The second-order valence-electron chi connectivity index (χ2n) is 10.6.